The van der Waals surface area contributed by atoms with Gasteiger partial charge in [-0.05, 0) is 29.9 Å². The second-order valence-corrected chi connectivity index (χ2v) is 4.22. The molecule has 1 aliphatic rings. The van der Waals surface area contributed by atoms with Crippen LogP contribution in [0.15, 0.2) is 24.3 Å². The van der Waals surface area contributed by atoms with Crippen molar-refractivity contribution >= 4 is 5.91 Å². The summed E-state index contributed by atoms with van der Waals surface area (Å²) < 4.78 is 0. The van der Waals surface area contributed by atoms with Gasteiger partial charge in [-0.3, -0.25) is 4.79 Å². The number of rotatable bonds is 4. The van der Waals surface area contributed by atoms with Gasteiger partial charge in [-0.1, -0.05) is 24.3 Å². The maximum absolute atomic E-state index is 10.8. The summed E-state index contributed by atoms with van der Waals surface area (Å²) >= 11 is 0. The van der Waals surface area contributed by atoms with Crippen molar-refractivity contribution in [2.75, 3.05) is 0 Å². The van der Waals surface area contributed by atoms with Crippen LogP contribution in [0, 0.1) is 0 Å². The first-order valence-corrected chi connectivity index (χ1v) is 5.30. The minimum absolute atomic E-state index is 0.216. The van der Waals surface area contributed by atoms with E-state index in [1.165, 1.54) is 18.4 Å². The zero-order valence-corrected chi connectivity index (χ0v) is 8.65. The molecule has 0 unspecified atom stereocenters. The predicted octanol–water partition coefficient (Wildman–Crippen LogP) is 1.44. The van der Waals surface area contributed by atoms with Crippen LogP contribution in [-0.4, -0.2) is 5.91 Å². The van der Waals surface area contributed by atoms with E-state index in [9.17, 15) is 4.79 Å². The van der Waals surface area contributed by atoms with Gasteiger partial charge in [-0.15, -0.1) is 0 Å². The standard InChI is InChI=1S/C12H16N2O/c13-11(7-12(14)15)10-3-1-2-9(6-10)8-4-5-8/h1-3,6,8,11H,4-5,7,13H2,(H2,14,15)/t11-/m0/s1. The molecule has 3 heteroatoms. The summed E-state index contributed by atoms with van der Waals surface area (Å²) in [6.07, 6.45) is 2.76. The summed E-state index contributed by atoms with van der Waals surface area (Å²) in [5, 5.41) is 0. The van der Waals surface area contributed by atoms with Gasteiger partial charge in [-0.25, -0.2) is 0 Å². The second-order valence-electron chi connectivity index (χ2n) is 4.22. The lowest BCUT2D eigenvalue weighted by Crippen LogP contribution is -2.20. The van der Waals surface area contributed by atoms with E-state index in [-0.39, 0.29) is 18.4 Å². The van der Waals surface area contributed by atoms with E-state index in [1.54, 1.807) is 0 Å². The number of hydrogen-bond donors (Lipinski definition) is 2. The summed E-state index contributed by atoms with van der Waals surface area (Å²) in [7, 11) is 0. The van der Waals surface area contributed by atoms with E-state index >= 15 is 0 Å². The van der Waals surface area contributed by atoms with Crippen LogP contribution in [0.3, 0.4) is 0 Å². The Morgan fingerprint density at radius 3 is 2.80 bits per heavy atom. The number of amides is 1. The van der Waals surface area contributed by atoms with Gasteiger partial charge in [0.05, 0.1) is 0 Å². The van der Waals surface area contributed by atoms with Crippen molar-refractivity contribution in [2.24, 2.45) is 11.5 Å². The quantitative estimate of drug-likeness (QED) is 0.779. The molecule has 0 aromatic heterocycles. The van der Waals surface area contributed by atoms with Gasteiger partial charge in [0.2, 0.25) is 5.91 Å². The SMILES string of the molecule is NC(=O)C[C@H](N)c1cccc(C2CC2)c1. The van der Waals surface area contributed by atoms with Gasteiger partial charge >= 0.3 is 0 Å². The van der Waals surface area contributed by atoms with E-state index in [1.807, 2.05) is 12.1 Å². The topological polar surface area (TPSA) is 69.1 Å². The molecule has 0 heterocycles. The fourth-order valence-electron chi connectivity index (χ4n) is 1.79. The van der Waals surface area contributed by atoms with Crippen LogP contribution in [0.4, 0.5) is 0 Å². The first kappa shape index (κ1) is 10.2. The molecule has 1 atom stereocenters. The molecule has 0 aliphatic heterocycles. The molecule has 1 aromatic rings. The normalized spacial score (nSPS) is 17.4. The van der Waals surface area contributed by atoms with Crippen LogP contribution in [-0.2, 0) is 4.79 Å². The molecule has 80 valence electrons. The van der Waals surface area contributed by atoms with Crippen LogP contribution < -0.4 is 11.5 Å². The highest BCUT2D eigenvalue weighted by Gasteiger charge is 2.23. The molecular formula is C12H16N2O. The minimum atomic E-state index is -0.348. The Morgan fingerprint density at radius 2 is 2.20 bits per heavy atom. The summed E-state index contributed by atoms with van der Waals surface area (Å²) in [5.74, 6) is 0.366. The molecule has 15 heavy (non-hydrogen) atoms. The van der Waals surface area contributed by atoms with Crippen molar-refractivity contribution in [3.8, 4) is 0 Å². The number of hydrogen-bond acceptors (Lipinski definition) is 2. The number of nitrogens with two attached hydrogens (primary N) is 2. The molecule has 3 nitrogen and oxygen atoms in total. The number of carbonyl (C=O) groups is 1. The fourth-order valence-corrected chi connectivity index (χ4v) is 1.79. The van der Waals surface area contributed by atoms with Crippen molar-refractivity contribution in [3.05, 3.63) is 35.4 Å². The van der Waals surface area contributed by atoms with Gasteiger partial charge < -0.3 is 11.5 Å². The average molecular weight is 204 g/mol. The zero-order chi connectivity index (χ0) is 10.8. The van der Waals surface area contributed by atoms with Crippen molar-refractivity contribution in [1.82, 2.24) is 0 Å². The Hall–Kier alpha value is -1.35. The first-order chi connectivity index (χ1) is 7.16. The average Bonchev–Trinajstić information content (AvgIpc) is 3.00. The van der Waals surface area contributed by atoms with E-state index in [0.717, 1.165) is 5.56 Å². The third-order valence-electron chi connectivity index (χ3n) is 2.81. The zero-order valence-electron chi connectivity index (χ0n) is 8.65. The third kappa shape index (κ3) is 2.57. The molecule has 2 rings (SSSR count). The Balaban J connectivity index is 2.12. The number of primary amides is 1. The van der Waals surface area contributed by atoms with Crippen LogP contribution in [0.1, 0.15) is 42.3 Å². The lowest BCUT2D eigenvalue weighted by molar-refractivity contribution is -0.118. The smallest absolute Gasteiger partial charge is 0.219 e. The molecule has 0 radical (unpaired) electrons. The Labute approximate surface area is 89.5 Å². The summed E-state index contributed by atoms with van der Waals surface area (Å²) in [6.45, 7) is 0. The fraction of sp³-hybridized carbons (Fsp3) is 0.417. The van der Waals surface area contributed by atoms with Crippen molar-refractivity contribution < 1.29 is 4.79 Å². The van der Waals surface area contributed by atoms with E-state index in [0.29, 0.717) is 5.92 Å². The lowest BCUT2D eigenvalue weighted by atomic mass is 10.00. The first-order valence-electron chi connectivity index (χ1n) is 5.30. The monoisotopic (exact) mass is 204 g/mol. The lowest BCUT2D eigenvalue weighted by Gasteiger charge is -2.11. The Kier molecular flexibility index (Phi) is 2.73. The maximum Gasteiger partial charge on any atom is 0.219 e. The largest absolute Gasteiger partial charge is 0.370 e. The molecule has 1 aliphatic carbocycles. The molecule has 1 fully saturated rings. The Bertz CT molecular complexity index is 372. The number of benzene rings is 1. The van der Waals surface area contributed by atoms with Gasteiger partial charge in [0.1, 0.15) is 0 Å². The highest BCUT2D eigenvalue weighted by Crippen LogP contribution is 2.40. The van der Waals surface area contributed by atoms with Crippen LogP contribution in [0.5, 0.6) is 0 Å². The second kappa shape index (κ2) is 4.03. The summed E-state index contributed by atoms with van der Waals surface area (Å²) in [5.41, 5.74) is 13.4. The van der Waals surface area contributed by atoms with E-state index in [2.05, 4.69) is 12.1 Å². The van der Waals surface area contributed by atoms with Gasteiger partial charge in [0, 0.05) is 12.5 Å². The summed E-state index contributed by atoms with van der Waals surface area (Å²) in [4.78, 5) is 10.8. The molecule has 1 saturated carbocycles. The maximum atomic E-state index is 10.8. The predicted molar refractivity (Wildman–Crippen MR) is 59.2 cm³/mol. The van der Waals surface area contributed by atoms with Crippen molar-refractivity contribution in [1.29, 1.82) is 0 Å². The summed E-state index contributed by atoms with van der Waals surface area (Å²) in [6, 6.07) is 7.92. The van der Waals surface area contributed by atoms with Gasteiger partial charge in [-0.2, -0.15) is 0 Å². The molecule has 0 bridgehead atoms. The van der Waals surface area contributed by atoms with E-state index in [4.69, 9.17) is 11.5 Å². The van der Waals surface area contributed by atoms with Crippen LogP contribution in [0.25, 0.3) is 0 Å². The molecule has 1 aromatic carbocycles. The number of carbonyl (C=O) groups excluding carboxylic acids is 1. The van der Waals surface area contributed by atoms with Gasteiger partial charge in [0.15, 0.2) is 0 Å². The third-order valence-corrected chi connectivity index (χ3v) is 2.81. The molecule has 4 N–H and O–H groups in total. The molecule has 1 amide bonds. The van der Waals surface area contributed by atoms with Crippen LogP contribution in [0.2, 0.25) is 0 Å². The molecular weight excluding hydrogens is 188 g/mol. The highest BCUT2D eigenvalue weighted by atomic mass is 16.1. The minimum Gasteiger partial charge on any atom is -0.370 e. The van der Waals surface area contributed by atoms with Gasteiger partial charge in [0.25, 0.3) is 0 Å². The molecule has 0 saturated heterocycles. The van der Waals surface area contributed by atoms with Crippen molar-refractivity contribution in [3.63, 3.8) is 0 Å². The molecule has 0 spiro atoms. The van der Waals surface area contributed by atoms with Crippen LogP contribution >= 0.6 is 0 Å². The highest BCUT2D eigenvalue weighted by molar-refractivity contribution is 5.74. The van der Waals surface area contributed by atoms with E-state index < -0.39 is 0 Å². The van der Waals surface area contributed by atoms with Crippen molar-refractivity contribution in [2.45, 2.75) is 31.2 Å². The Morgan fingerprint density at radius 1 is 1.47 bits per heavy atom.